The van der Waals surface area contributed by atoms with Gasteiger partial charge in [0.05, 0.1) is 11.8 Å². The number of pyridine rings is 2. The van der Waals surface area contributed by atoms with Gasteiger partial charge in [0, 0.05) is 35.6 Å². The van der Waals surface area contributed by atoms with E-state index in [1.54, 1.807) is 12.4 Å². The van der Waals surface area contributed by atoms with Gasteiger partial charge in [0.25, 0.3) is 0 Å². The number of nitrogens with zero attached hydrogens (tertiary/aromatic N) is 4. The molecule has 1 atom stereocenters. The Hall–Kier alpha value is -2.84. The van der Waals surface area contributed by atoms with Crippen molar-refractivity contribution in [2.45, 2.75) is 39.2 Å². The third-order valence-corrected chi connectivity index (χ3v) is 6.33. The number of hydrogen-bond acceptors (Lipinski definition) is 6. The molecule has 0 aliphatic heterocycles. The lowest BCUT2D eigenvalue weighted by Gasteiger charge is -2.12. The number of anilines is 1. The lowest BCUT2D eigenvalue weighted by Crippen LogP contribution is -2.12. The number of aliphatic hydroxyl groups is 1. The highest BCUT2D eigenvalue weighted by molar-refractivity contribution is 7.22. The van der Waals surface area contributed by atoms with E-state index < -0.39 is 6.10 Å². The van der Waals surface area contributed by atoms with E-state index in [1.165, 1.54) is 11.3 Å². The van der Waals surface area contributed by atoms with Crippen molar-refractivity contribution in [1.29, 1.82) is 0 Å². The number of fused-ring (bicyclic) bond motifs is 3. The van der Waals surface area contributed by atoms with Crippen LogP contribution in [-0.4, -0.2) is 30.4 Å². The van der Waals surface area contributed by atoms with Gasteiger partial charge in [-0.2, -0.15) is 0 Å². The van der Waals surface area contributed by atoms with Crippen LogP contribution < -0.4 is 5.32 Å². The first-order valence-corrected chi connectivity index (χ1v) is 10.6. The van der Waals surface area contributed by atoms with Crippen LogP contribution in [0.2, 0.25) is 0 Å². The first-order chi connectivity index (χ1) is 14.0. The van der Waals surface area contributed by atoms with Crippen LogP contribution in [0.4, 0.5) is 5.13 Å². The molecule has 1 aliphatic rings. The lowest BCUT2D eigenvalue weighted by atomic mass is 10.0. The van der Waals surface area contributed by atoms with E-state index in [-0.39, 0.29) is 11.8 Å². The summed E-state index contributed by atoms with van der Waals surface area (Å²) < 4.78 is 2.00. The molecule has 7 nitrogen and oxygen atoms in total. The minimum Gasteiger partial charge on any atom is -0.387 e. The van der Waals surface area contributed by atoms with Crippen molar-refractivity contribution in [3.8, 4) is 11.1 Å². The molecule has 148 valence electrons. The maximum absolute atomic E-state index is 12.1. The number of carbonyl (C=O) groups excluding carboxylic acids is 1. The first-order valence-electron chi connectivity index (χ1n) is 9.77. The molecule has 29 heavy (non-hydrogen) atoms. The summed E-state index contributed by atoms with van der Waals surface area (Å²) in [6.45, 7) is 3.94. The zero-order chi connectivity index (χ0) is 20.1. The number of aliphatic hydroxyl groups excluding tert-OH is 1. The Bertz CT molecular complexity index is 1240. The number of amides is 1. The molecule has 1 amide bonds. The van der Waals surface area contributed by atoms with Gasteiger partial charge in [-0.15, -0.1) is 0 Å². The van der Waals surface area contributed by atoms with Gasteiger partial charge in [-0.1, -0.05) is 18.3 Å². The van der Waals surface area contributed by atoms with Crippen LogP contribution in [0.25, 0.3) is 27.1 Å². The molecule has 8 heteroatoms. The molecule has 4 heterocycles. The van der Waals surface area contributed by atoms with Crippen LogP contribution in [0.1, 0.15) is 43.5 Å². The van der Waals surface area contributed by atoms with E-state index in [0.717, 1.165) is 45.5 Å². The summed E-state index contributed by atoms with van der Waals surface area (Å²) in [7, 11) is 0. The highest BCUT2D eigenvalue weighted by atomic mass is 32.1. The largest absolute Gasteiger partial charge is 0.387 e. The average Bonchev–Trinajstić information content (AvgIpc) is 3.31. The van der Waals surface area contributed by atoms with E-state index in [4.69, 9.17) is 0 Å². The standard InChI is InChI=1S/C21H21N5O2S/c1-3-17(27)15-8-11(2)14(10-23-15)13-9-16-20(26-7-6-22-18(13)26)29-21(24-16)25-19(28)12-4-5-12/h6-10,12,17,27H,3-5H2,1-2H3,(H,24,25,28)/t17-/m1/s1. The van der Waals surface area contributed by atoms with Gasteiger partial charge < -0.3 is 10.4 Å². The Balaban J connectivity index is 1.62. The second-order valence-electron chi connectivity index (χ2n) is 7.50. The number of nitrogens with one attached hydrogen (secondary N) is 1. The number of rotatable bonds is 5. The van der Waals surface area contributed by atoms with Crippen LogP contribution in [-0.2, 0) is 4.79 Å². The van der Waals surface area contributed by atoms with Crippen LogP contribution in [0.15, 0.2) is 30.7 Å². The summed E-state index contributed by atoms with van der Waals surface area (Å²) in [5.74, 6) is 0.188. The number of imidazole rings is 1. The molecule has 0 unspecified atom stereocenters. The summed E-state index contributed by atoms with van der Waals surface area (Å²) in [4.78, 5) is 26.7. The van der Waals surface area contributed by atoms with Gasteiger partial charge in [0.15, 0.2) is 5.13 Å². The molecule has 1 fully saturated rings. The van der Waals surface area contributed by atoms with Crippen LogP contribution in [0, 0.1) is 12.8 Å². The minimum atomic E-state index is -0.562. The fraction of sp³-hybridized carbons (Fsp3) is 0.333. The molecular formula is C21H21N5O2S. The topological polar surface area (TPSA) is 92.4 Å². The molecule has 5 rings (SSSR count). The Morgan fingerprint density at radius 1 is 1.34 bits per heavy atom. The summed E-state index contributed by atoms with van der Waals surface area (Å²) in [6.07, 6.45) is 7.44. The van der Waals surface area contributed by atoms with E-state index in [9.17, 15) is 9.90 Å². The zero-order valence-corrected chi connectivity index (χ0v) is 17.0. The monoisotopic (exact) mass is 407 g/mol. The van der Waals surface area contributed by atoms with Gasteiger partial charge >= 0.3 is 0 Å². The third kappa shape index (κ3) is 3.18. The number of thiazole rings is 1. The molecule has 0 bridgehead atoms. The fourth-order valence-corrected chi connectivity index (χ4v) is 4.45. The van der Waals surface area contributed by atoms with Gasteiger partial charge in [-0.05, 0) is 43.9 Å². The highest BCUT2D eigenvalue weighted by Crippen LogP contribution is 2.36. The Morgan fingerprint density at radius 2 is 2.17 bits per heavy atom. The van der Waals surface area contributed by atoms with E-state index in [0.29, 0.717) is 17.2 Å². The molecule has 0 aromatic carbocycles. The molecule has 4 aromatic heterocycles. The highest BCUT2D eigenvalue weighted by Gasteiger charge is 2.30. The smallest absolute Gasteiger partial charge is 0.229 e. The number of aromatic nitrogens is 4. The summed E-state index contributed by atoms with van der Waals surface area (Å²) in [6, 6.07) is 3.93. The summed E-state index contributed by atoms with van der Waals surface area (Å²) >= 11 is 1.45. The van der Waals surface area contributed by atoms with E-state index in [2.05, 4.69) is 20.3 Å². The van der Waals surface area contributed by atoms with Crippen molar-refractivity contribution in [2.24, 2.45) is 5.92 Å². The number of hydrogen-bond donors (Lipinski definition) is 2. The van der Waals surface area contributed by atoms with Crippen molar-refractivity contribution in [3.63, 3.8) is 0 Å². The predicted molar refractivity (Wildman–Crippen MR) is 113 cm³/mol. The molecule has 0 saturated heterocycles. The predicted octanol–water partition coefficient (Wildman–Crippen LogP) is 4.11. The zero-order valence-electron chi connectivity index (χ0n) is 16.2. The molecule has 0 spiro atoms. The maximum atomic E-state index is 12.1. The van der Waals surface area contributed by atoms with Crippen molar-refractivity contribution in [3.05, 3.63) is 42.0 Å². The number of aryl methyl sites for hydroxylation is 1. The molecule has 4 aromatic rings. The molecule has 0 radical (unpaired) electrons. The van der Waals surface area contributed by atoms with Crippen LogP contribution in [0.3, 0.4) is 0 Å². The van der Waals surface area contributed by atoms with Crippen molar-refractivity contribution < 1.29 is 9.90 Å². The molecule has 1 aliphatic carbocycles. The Labute approximate surface area is 171 Å². The summed E-state index contributed by atoms with van der Waals surface area (Å²) in [5.41, 5.74) is 5.19. The number of carbonyl (C=O) groups is 1. The quantitative estimate of drug-likeness (QED) is 0.519. The fourth-order valence-electron chi connectivity index (χ4n) is 3.51. The third-order valence-electron chi connectivity index (χ3n) is 5.34. The molecule has 2 N–H and O–H groups in total. The van der Waals surface area contributed by atoms with E-state index >= 15 is 0 Å². The van der Waals surface area contributed by atoms with Crippen molar-refractivity contribution >= 4 is 38.4 Å². The van der Waals surface area contributed by atoms with Gasteiger partial charge in [-0.3, -0.25) is 14.2 Å². The second-order valence-corrected chi connectivity index (χ2v) is 8.48. The van der Waals surface area contributed by atoms with E-state index in [1.807, 2.05) is 36.6 Å². The van der Waals surface area contributed by atoms with Gasteiger partial charge in [-0.25, -0.2) is 9.97 Å². The summed E-state index contributed by atoms with van der Waals surface area (Å²) in [5, 5.41) is 13.6. The molecular weight excluding hydrogens is 386 g/mol. The minimum absolute atomic E-state index is 0.0521. The lowest BCUT2D eigenvalue weighted by molar-refractivity contribution is -0.117. The van der Waals surface area contributed by atoms with Crippen LogP contribution >= 0.6 is 11.3 Å². The first kappa shape index (κ1) is 18.2. The molecule has 1 saturated carbocycles. The maximum Gasteiger partial charge on any atom is 0.229 e. The Morgan fingerprint density at radius 3 is 2.90 bits per heavy atom. The van der Waals surface area contributed by atoms with Crippen molar-refractivity contribution in [1.82, 2.24) is 19.4 Å². The average molecular weight is 407 g/mol. The van der Waals surface area contributed by atoms with Crippen LogP contribution in [0.5, 0.6) is 0 Å². The van der Waals surface area contributed by atoms with Crippen molar-refractivity contribution in [2.75, 3.05) is 5.32 Å². The van der Waals surface area contributed by atoms with Gasteiger partial charge in [0.1, 0.15) is 16.0 Å². The van der Waals surface area contributed by atoms with Gasteiger partial charge in [0.2, 0.25) is 5.91 Å². The SMILES string of the molecule is CC[C@@H](O)c1cc(C)c(-c2cc3nc(NC(=O)C4CC4)sc3n3ccnc23)cn1. The normalized spacial score (nSPS) is 15.1. The Kier molecular flexibility index (Phi) is 4.33. The second kappa shape index (κ2) is 6.89.